The van der Waals surface area contributed by atoms with E-state index < -0.39 is 12.1 Å². The first-order valence-electron chi connectivity index (χ1n) is 11.4. The lowest BCUT2D eigenvalue weighted by atomic mass is 10.0. The molecule has 0 radical (unpaired) electrons. The van der Waals surface area contributed by atoms with Crippen molar-refractivity contribution in [2.45, 2.75) is 39.2 Å². The molecule has 0 aliphatic carbocycles. The fourth-order valence-electron chi connectivity index (χ4n) is 3.81. The molecule has 1 heterocycles. The van der Waals surface area contributed by atoms with Crippen molar-refractivity contribution in [1.29, 1.82) is 0 Å². The maximum absolute atomic E-state index is 13.5. The number of halogens is 1. The van der Waals surface area contributed by atoms with Crippen LogP contribution >= 0.6 is 15.9 Å². The number of esters is 1. The average Bonchev–Trinajstić information content (AvgIpc) is 2.87. The van der Waals surface area contributed by atoms with Crippen LogP contribution in [0.3, 0.4) is 0 Å². The number of rotatable bonds is 7. The van der Waals surface area contributed by atoms with E-state index in [1.165, 1.54) is 11.8 Å². The molecule has 35 heavy (non-hydrogen) atoms. The van der Waals surface area contributed by atoms with E-state index in [-0.39, 0.29) is 11.5 Å². The first-order chi connectivity index (χ1) is 16.8. The number of ether oxygens (including phenoxy) is 2. The molecule has 0 aliphatic heterocycles. The highest BCUT2D eigenvalue weighted by Crippen LogP contribution is 2.28. The molecule has 0 N–H and O–H groups in total. The molecule has 0 saturated carbocycles. The molecular weight excluding hydrogens is 510 g/mol. The van der Waals surface area contributed by atoms with E-state index in [2.05, 4.69) is 21.0 Å². The number of hydrogen-bond donors (Lipinski definition) is 0. The molecule has 1 aromatic heterocycles. The number of aromatic nitrogens is 2. The predicted molar refractivity (Wildman–Crippen MR) is 141 cm³/mol. The second-order valence-corrected chi connectivity index (χ2v) is 9.20. The molecule has 3 aromatic carbocycles. The Bertz CT molecular complexity index is 1500. The molecule has 0 bridgehead atoms. The summed E-state index contributed by atoms with van der Waals surface area (Å²) >= 11 is 3.44. The minimum absolute atomic E-state index is 0.00971. The van der Waals surface area contributed by atoms with E-state index in [0.717, 1.165) is 21.7 Å². The molecule has 0 amide bonds. The van der Waals surface area contributed by atoms with Crippen molar-refractivity contribution in [3.63, 3.8) is 0 Å². The van der Waals surface area contributed by atoms with Crippen LogP contribution in [0.4, 0.5) is 0 Å². The average molecular weight is 536 g/mol. The molecule has 2 atom stereocenters. The molecule has 7 nitrogen and oxygen atoms in total. The minimum Gasteiger partial charge on any atom is -0.478 e. The van der Waals surface area contributed by atoms with Gasteiger partial charge in [0.15, 0.2) is 6.10 Å². The van der Waals surface area contributed by atoms with Crippen molar-refractivity contribution in [1.82, 2.24) is 9.66 Å². The monoisotopic (exact) mass is 535 g/mol. The highest BCUT2D eigenvalue weighted by atomic mass is 79.9. The van der Waals surface area contributed by atoms with Crippen LogP contribution in [-0.4, -0.2) is 35.1 Å². The highest BCUT2D eigenvalue weighted by molar-refractivity contribution is 9.10. The topological polar surface area (TPSA) is 82.8 Å². The van der Waals surface area contributed by atoms with E-state index in [1.54, 1.807) is 25.3 Å². The van der Waals surface area contributed by atoms with Crippen LogP contribution in [0.5, 0.6) is 5.75 Å². The molecule has 8 heteroatoms. The zero-order chi connectivity index (χ0) is 25.1. The summed E-state index contributed by atoms with van der Waals surface area (Å²) < 4.78 is 12.9. The molecule has 0 saturated heterocycles. The number of benzene rings is 3. The second-order valence-electron chi connectivity index (χ2n) is 8.28. The van der Waals surface area contributed by atoms with Gasteiger partial charge in [-0.05, 0) is 48.4 Å². The van der Waals surface area contributed by atoms with Crippen LogP contribution < -0.4 is 10.3 Å². The highest BCUT2D eigenvalue weighted by Gasteiger charge is 2.19. The molecule has 4 rings (SSSR count). The molecule has 4 aromatic rings. The van der Waals surface area contributed by atoms with Crippen molar-refractivity contribution in [3.05, 3.63) is 80.8 Å². The largest absolute Gasteiger partial charge is 0.478 e. The maximum atomic E-state index is 13.5. The second kappa shape index (κ2) is 10.4. The van der Waals surface area contributed by atoms with Crippen LogP contribution in [0, 0.1) is 0 Å². The first-order valence-corrected chi connectivity index (χ1v) is 12.2. The van der Waals surface area contributed by atoms with E-state index in [4.69, 9.17) is 14.5 Å². The van der Waals surface area contributed by atoms with Crippen LogP contribution in [0.2, 0.25) is 0 Å². The van der Waals surface area contributed by atoms with E-state index in [9.17, 15) is 9.59 Å². The Labute approximate surface area is 211 Å². The van der Waals surface area contributed by atoms with Crippen molar-refractivity contribution in [2.24, 2.45) is 5.10 Å². The van der Waals surface area contributed by atoms with E-state index in [1.807, 2.05) is 56.3 Å². The summed E-state index contributed by atoms with van der Waals surface area (Å²) in [6, 6.07) is 16.9. The normalized spacial score (nSPS) is 13.3. The number of fused-ring (bicyclic) bond motifs is 2. The maximum Gasteiger partial charge on any atom is 0.346 e. The van der Waals surface area contributed by atoms with Gasteiger partial charge < -0.3 is 9.47 Å². The molecule has 0 spiro atoms. The Kier molecular flexibility index (Phi) is 7.31. The number of methoxy groups -OCH3 is 1. The summed E-state index contributed by atoms with van der Waals surface area (Å²) in [6.45, 7) is 5.68. The van der Waals surface area contributed by atoms with Crippen molar-refractivity contribution in [3.8, 4) is 5.75 Å². The lowest BCUT2D eigenvalue weighted by Crippen LogP contribution is -2.25. The Hall–Kier alpha value is -3.52. The van der Waals surface area contributed by atoms with Gasteiger partial charge in [0.05, 0.1) is 24.2 Å². The Morgan fingerprint density at radius 2 is 1.91 bits per heavy atom. The van der Waals surface area contributed by atoms with Crippen molar-refractivity contribution < 1.29 is 14.3 Å². The fraction of sp³-hybridized carbons (Fsp3) is 0.259. The fourth-order valence-corrected chi connectivity index (χ4v) is 4.17. The third-order valence-electron chi connectivity index (χ3n) is 5.96. The van der Waals surface area contributed by atoms with E-state index >= 15 is 0 Å². The summed E-state index contributed by atoms with van der Waals surface area (Å²) in [5.41, 5.74) is 1.02. The summed E-state index contributed by atoms with van der Waals surface area (Å²) in [4.78, 5) is 30.2. The Balaban J connectivity index is 1.91. The number of carbonyl (C=O) groups is 1. The Morgan fingerprint density at radius 3 is 2.66 bits per heavy atom. The van der Waals surface area contributed by atoms with Gasteiger partial charge in [-0.1, -0.05) is 60.1 Å². The van der Waals surface area contributed by atoms with Crippen LogP contribution in [0.25, 0.3) is 21.7 Å². The van der Waals surface area contributed by atoms with Crippen LogP contribution in [0.15, 0.2) is 69.0 Å². The van der Waals surface area contributed by atoms with Gasteiger partial charge in [0, 0.05) is 16.0 Å². The van der Waals surface area contributed by atoms with Gasteiger partial charge in [0.25, 0.3) is 5.56 Å². The first kappa shape index (κ1) is 24.6. The summed E-state index contributed by atoms with van der Waals surface area (Å²) in [5, 5.41) is 6.93. The minimum atomic E-state index is -0.814. The zero-order valence-electron chi connectivity index (χ0n) is 20.0. The molecule has 0 unspecified atom stereocenters. The van der Waals surface area contributed by atoms with Gasteiger partial charge in [-0.15, -0.1) is 0 Å². The zero-order valence-corrected chi connectivity index (χ0v) is 21.6. The number of hydrogen-bond acceptors (Lipinski definition) is 6. The molecule has 0 fully saturated rings. The molecule has 180 valence electrons. The number of nitrogens with zero attached hydrogens (tertiary/aromatic N) is 3. The third-order valence-corrected chi connectivity index (χ3v) is 6.45. The SMILES string of the molecule is CC[C@@H](C)c1nc2ccc(Br)cc2c(=O)n1N=Cc1c(O[C@@H](C)C(=O)OC)ccc2ccccc12. The Morgan fingerprint density at radius 1 is 1.14 bits per heavy atom. The summed E-state index contributed by atoms with van der Waals surface area (Å²) in [6.07, 6.45) is 1.58. The van der Waals surface area contributed by atoms with Crippen molar-refractivity contribution >= 4 is 49.8 Å². The van der Waals surface area contributed by atoms with Gasteiger partial charge >= 0.3 is 5.97 Å². The standard InChI is InChI=1S/C27H26BrN3O4/c1-5-16(2)25-30-23-12-11-19(28)14-21(23)26(32)31(25)29-15-22-20-9-7-6-8-18(20)10-13-24(22)35-17(3)27(33)34-4/h6-17H,5H2,1-4H3/t16-,17+/m1/s1. The predicted octanol–water partition coefficient (Wildman–Crippen LogP) is 5.65. The van der Waals surface area contributed by atoms with E-state index in [0.29, 0.717) is 28.0 Å². The lowest BCUT2D eigenvalue weighted by Gasteiger charge is -2.16. The van der Waals surface area contributed by atoms with Crippen molar-refractivity contribution in [2.75, 3.05) is 7.11 Å². The van der Waals surface area contributed by atoms with Crippen LogP contribution in [0.1, 0.15) is 44.5 Å². The number of carbonyl (C=O) groups excluding carboxylic acids is 1. The smallest absolute Gasteiger partial charge is 0.346 e. The third kappa shape index (κ3) is 4.98. The molecule has 0 aliphatic rings. The summed E-state index contributed by atoms with van der Waals surface area (Å²) in [5.74, 6) is 0.560. The van der Waals surface area contributed by atoms with Gasteiger partial charge in [0.1, 0.15) is 11.6 Å². The van der Waals surface area contributed by atoms with Gasteiger partial charge in [-0.3, -0.25) is 4.79 Å². The lowest BCUT2D eigenvalue weighted by molar-refractivity contribution is -0.147. The van der Waals surface area contributed by atoms with Gasteiger partial charge in [-0.25, -0.2) is 9.78 Å². The van der Waals surface area contributed by atoms with Gasteiger partial charge in [-0.2, -0.15) is 9.78 Å². The van der Waals surface area contributed by atoms with Gasteiger partial charge in [0.2, 0.25) is 0 Å². The quantitative estimate of drug-likeness (QED) is 0.225. The summed E-state index contributed by atoms with van der Waals surface area (Å²) in [7, 11) is 1.32. The van der Waals surface area contributed by atoms with Crippen LogP contribution in [-0.2, 0) is 9.53 Å². The molecular formula is C27H26BrN3O4.